The highest BCUT2D eigenvalue weighted by Gasteiger charge is 2.05. The zero-order valence-corrected chi connectivity index (χ0v) is 26.5. The van der Waals surface area contributed by atoms with Crippen LogP contribution in [0.1, 0.15) is 214 Å². The maximum absolute atomic E-state index is 2.51. The Balaban J connectivity index is 3.29. The number of hydrogen-bond donors (Lipinski definition) is 0. The first kappa shape index (κ1) is 36.0. The van der Waals surface area contributed by atoms with E-state index in [0.29, 0.717) is 0 Å². The first-order chi connectivity index (χ1) is 17.6. The average Bonchev–Trinajstić information content (AvgIpc) is 2.87. The van der Waals surface area contributed by atoms with E-state index in [-0.39, 0.29) is 0 Å². The van der Waals surface area contributed by atoms with Crippen LogP contribution in [0, 0.1) is 17.8 Å². The Hall–Kier alpha value is 0. The molecule has 0 aliphatic rings. The van der Waals surface area contributed by atoms with Gasteiger partial charge in [-0.2, -0.15) is 0 Å². The van der Waals surface area contributed by atoms with E-state index >= 15 is 0 Å². The van der Waals surface area contributed by atoms with E-state index in [2.05, 4.69) is 34.6 Å². The van der Waals surface area contributed by atoms with Crippen LogP contribution in [-0.2, 0) is 0 Å². The Bertz CT molecular complexity index is 385. The van der Waals surface area contributed by atoms with Crippen LogP contribution >= 0.6 is 0 Å². The largest absolute Gasteiger partial charge is 0.0654 e. The Morgan fingerprint density at radius 2 is 0.444 bits per heavy atom. The van der Waals surface area contributed by atoms with E-state index in [0.717, 1.165) is 17.8 Å². The van der Waals surface area contributed by atoms with Gasteiger partial charge >= 0.3 is 0 Å². The lowest BCUT2D eigenvalue weighted by molar-refractivity contribution is 0.407. The van der Waals surface area contributed by atoms with Crippen molar-refractivity contribution in [3.05, 3.63) is 0 Å². The van der Waals surface area contributed by atoms with Crippen molar-refractivity contribution in [2.24, 2.45) is 17.8 Å². The highest BCUT2D eigenvalue weighted by Crippen LogP contribution is 2.22. The molecule has 0 amide bonds. The van der Waals surface area contributed by atoms with Crippen LogP contribution < -0.4 is 0 Å². The zero-order chi connectivity index (χ0) is 26.5. The number of rotatable bonds is 30. The molecular weight excluding hydrogens is 432 g/mol. The van der Waals surface area contributed by atoms with Crippen LogP contribution in [0.4, 0.5) is 0 Å². The van der Waals surface area contributed by atoms with Gasteiger partial charge in [0.05, 0.1) is 0 Å². The summed E-state index contributed by atoms with van der Waals surface area (Å²) >= 11 is 0. The molecule has 0 N–H and O–H groups in total. The minimum Gasteiger partial charge on any atom is -0.0654 e. The monoisotopic (exact) mass is 507 g/mol. The van der Waals surface area contributed by atoms with Gasteiger partial charge in [-0.25, -0.2) is 0 Å². The average molecular weight is 507 g/mol. The number of hydrogen-bond acceptors (Lipinski definition) is 0. The van der Waals surface area contributed by atoms with E-state index in [1.807, 2.05) is 0 Å². The molecule has 218 valence electrons. The highest BCUT2D eigenvalue weighted by molar-refractivity contribution is 4.59. The van der Waals surface area contributed by atoms with Gasteiger partial charge in [0, 0.05) is 0 Å². The molecule has 0 fully saturated rings. The minimum atomic E-state index is 0.958. The van der Waals surface area contributed by atoms with Gasteiger partial charge in [-0.15, -0.1) is 0 Å². The van der Waals surface area contributed by atoms with Crippen molar-refractivity contribution in [1.82, 2.24) is 0 Å². The maximum Gasteiger partial charge on any atom is -0.0443 e. The molecule has 0 bridgehead atoms. The van der Waals surface area contributed by atoms with E-state index in [1.54, 1.807) is 0 Å². The molecule has 0 spiro atoms. The SMILES string of the molecule is CCCCCCCCCCC(C)CCCCCC(C)CCCCCCCCCCCC(C)CCCC. The predicted molar refractivity (Wildman–Crippen MR) is 168 cm³/mol. The van der Waals surface area contributed by atoms with E-state index in [1.165, 1.54) is 180 Å². The van der Waals surface area contributed by atoms with E-state index in [4.69, 9.17) is 0 Å². The molecule has 0 aromatic carbocycles. The van der Waals surface area contributed by atoms with Crippen molar-refractivity contribution >= 4 is 0 Å². The molecule has 0 aliphatic heterocycles. The first-order valence-corrected chi connectivity index (χ1v) is 17.6. The Kier molecular flexibility index (Phi) is 29.6. The summed E-state index contributed by atoms with van der Waals surface area (Å²) in [5.41, 5.74) is 0. The number of unbranched alkanes of at least 4 members (excludes halogenated alkanes) is 18. The summed E-state index contributed by atoms with van der Waals surface area (Å²) in [4.78, 5) is 0. The molecular formula is C36H74. The van der Waals surface area contributed by atoms with Crippen molar-refractivity contribution in [2.45, 2.75) is 214 Å². The highest BCUT2D eigenvalue weighted by atomic mass is 14.1. The molecule has 0 rings (SSSR count). The molecule has 0 saturated heterocycles. The molecule has 0 aromatic heterocycles. The molecule has 0 saturated carbocycles. The second kappa shape index (κ2) is 29.6. The summed E-state index contributed by atoms with van der Waals surface area (Å²) in [6.45, 7) is 12.1. The van der Waals surface area contributed by atoms with Crippen LogP contribution in [0.5, 0.6) is 0 Å². The van der Waals surface area contributed by atoms with Crippen LogP contribution in [0.2, 0.25) is 0 Å². The summed E-state index contributed by atoms with van der Waals surface area (Å²) < 4.78 is 0. The lowest BCUT2D eigenvalue weighted by Crippen LogP contribution is -1.97. The van der Waals surface area contributed by atoms with Crippen molar-refractivity contribution in [1.29, 1.82) is 0 Å². The second-order valence-electron chi connectivity index (χ2n) is 13.1. The first-order valence-electron chi connectivity index (χ1n) is 17.6. The van der Waals surface area contributed by atoms with Crippen LogP contribution in [0.25, 0.3) is 0 Å². The third-order valence-electron chi connectivity index (χ3n) is 8.89. The summed E-state index contributed by atoms with van der Waals surface area (Å²) in [6.07, 6.45) is 41.0. The fourth-order valence-electron chi connectivity index (χ4n) is 6.00. The molecule has 3 unspecified atom stereocenters. The van der Waals surface area contributed by atoms with Gasteiger partial charge < -0.3 is 0 Å². The van der Waals surface area contributed by atoms with Crippen molar-refractivity contribution in [2.75, 3.05) is 0 Å². The maximum atomic E-state index is 2.51. The third kappa shape index (κ3) is 28.6. The standard InChI is InChI=1S/C36H74/c1-6-8-10-11-12-16-19-24-30-35(4)32-26-22-27-33-36(5)31-25-21-18-15-13-14-17-20-23-29-34(3)28-9-7-2/h34-36H,6-33H2,1-5H3. The topological polar surface area (TPSA) is 0 Å². The Morgan fingerprint density at radius 3 is 0.722 bits per heavy atom. The summed E-state index contributed by atoms with van der Waals surface area (Å²) in [7, 11) is 0. The smallest absolute Gasteiger partial charge is 0.0443 e. The molecule has 0 aromatic rings. The van der Waals surface area contributed by atoms with Crippen molar-refractivity contribution < 1.29 is 0 Å². The van der Waals surface area contributed by atoms with Crippen LogP contribution in [0.3, 0.4) is 0 Å². The fraction of sp³-hybridized carbons (Fsp3) is 1.00. The fourth-order valence-corrected chi connectivity index (χ4v) is 6.00. The van der Waals surface area contributed by atoms with Gasteiger partial charge in [-0.1, -0.05) is 214 Å². The van der Waals surface area contributed by atoms with Gasteiger partial charge in [0.15, 0.2) is 0 Å². The molecule has 36 heavy (non-hydrogen) atoms. The quantitative estimate of drug-likeness (QED) is 0.0849. The zero-order valence-electron chi connectivity index (χ0n) is 26.5. The molecule has 0 nitrogen and oxygen atoms in total. The second-order valence-corrected chi connectivity index (χ2v) is 13.1. The summed E-state index contributed by atoms with van der Waals surface area (Å²) in [5, 5.41) is 0. The lowest BCUT2D eigenvalue weighted by Gasteiger charge is -2.13. The van der Waals surface area contributed by atoms with Gasteiger partial charge in [0.1, 0.15) is 0 Å². The molecule has 0 heteroatoms. The van der Waals surface area contributed by atoms with Gasteiger partial charge in [-0.3, -0.25) is 0 Å². The molecule has 3 atom stereocenters. The van der Waals surface area contributed by atoms with Crippen LogP contribution in [-0.4, -0.2) is 0 Å². The van der Waals surface area contributed by atoms with Crippen LogP contribution in [0.15, 0.2) is 0 Å². The predicted octanol–water partition coefficient (Wildman–Crippen LogP) is 13.9. The van der Waals surface area contributed by atoms with Gasteiger partial charge in [-0.05, 0) is 17.8 Å². The molecule has 0 heterocycles. The van der Waals surface area contributed by atoms with Gasteiger partial charge in [0.25, 0.3) is 0 Å². The van der Waals surface area contributed by atoms with Crippen molar-refractivity contribution in [3.8, 4) is 0 Å². The Labute approximate surface area is 232 Å². The molecule has 0 radical (unpaired) electrons. The minimum absolute atomic E-state index is 0.958. The van der Waals surface area contributed by atoms with E-state index < -0.39 is 0 Å². The normalized spacial score (nSPS) is 14.2. The summed E-state index contributed by atoms with van der Waals surface area (Å²) in [5.74, 6) is 2.88. The Morgan fingerprint density at radius 1 is 0.250 bits per heavy atom. The van der Waals surface area contributed by atoms with Crippen molar-refractivity contribution in [3.63, 3.8) is 0 Å². The lowest BCUT2D eigenvalue weighted by atomic mass is 9.93. The van der Waals surface area contributed by atoms with E-state index in [9.17, 15) is 0 Å². The third-order valence-corrected chi connectivity index (χ3v) is 8.89. The molecule has 0 aliphatic carbocycles. The van der Waals surface area contributed by atoms with Gasteiger partial charge in [0.2, 0.25) is 0 Å². The summed E-state index contributed by atoms with van der Waals surface area (Å²) in [6, 6.07) is 0.